The fraction of sp³-hybridized carbons (Fsp3) is 0.375. The van der Waals surface area contributed by atoms with Gasteiger partial charge in [-0.15, -0.1) is 0 Å². The Morgan fingerprint density at radius 1 is 1.29 bits per heavy atom. The van der Waals surface area contributed by atoms with E-state index in [0.29, 0.717) is 23.7 Å². The molecule has 0 amide bonds. The molecule has 21 heavy (non-hydrogen) atoms. The second kappa shape index (κ2) is 8.64. The zero-order valence-electron chi connectivity index (χ0n) is 12.5. The third kappa shape index (κ3) is 4.84. The molecule has 0 atom stereocenters. The molecule has 0 aromatic heterocycles. The molecule has 0 radical (unpaired) electrons. The van der Waals surface area contributed by atoms with Gasteiger partial charge in [-0.3, -0.25) is 0 Å². The van der Waals surface area contributed by atoms with Crippen molar-refractivity contribution in [3.8, 4) is 17.6 Å². The van der Waals surface area contributed by atoms with Crippen LogP contribution in [0.3, 0.4) is 0 Å². The lowest BCUT2D eigenvalue weighted by atomic mass is 10.1. The minimum atomic E-state index is -0.610. The van der Waals surface area contributed by atoms with Crippen LogP contribution in [0.25, 0.3) is 6.08 Å². The van der Waals surface area contributed by atoms with Crippen LogP contribution < -0.4 is 9.47 Å². The standard InChI is InChI=1S/C16H19NO4/c1-4-5-8-21-16(18)13(11-17)9-12-6-7-14(19-2)15(10-12)20-3/h6-7,9-10H,4-5,8H2,1-3H3. The quantitative estimate of drug-likeness (QED) is 0.334. The molecule has 0 spiro atoms. The molecule has 0 saturated carbocycles. The molecule has 0 N–H and O–H groups in total. The van der Waals surface area contributed by atoms with E-state index >= 15 is 0 Å². The molecule has 0 saturated heterocycles. The number of nitrogens with zero attached hydrogens (tertiary/aromatic N) is 1. The van der Waals surface area contributed by atoms with Gasteiger partial charge in [-0.25, -0.2) is 4.79 Å². The number of hydrogen-bond donors (Lipinski definition) is 0. The first-order chi connectivity index (χ1) is 10.2. The van der Waals surface area contributed by atoms with Crippen LogP contribution in [0.1, 0.15) is 25.3 Å². The van der Waals surface area contributed by atoms with E-state index in [4.69, 9.17) is 19.5 Å². The van der Waals surface area contributed by atoms with E-state index in [9.17, 15) is 4.79 Å². The van der Waals surface area contributed by atoms with E-state index in [1.165, 1.54) is 13.2 Å². The average molecular weight is 289 g/mol. The van der Waals surface area contributed by atoms with E-state index in [0.717, 1.165) is 12.8 Å². The molecule has 1 rings (SSSR count). The lowest BCUT2D eigenvalue weighted by Crippen LogP contribution is -2.07. The van der Waals surface area contributed by atoms with Gasteiger partial charge < -0.3 is 14.2 Å². The summed E-state index contributed by atoms with van der Waals surface area (Å²) in [6.45, 7) is 2.32. The topological polar surface area (TPSA) is 68.6 Å². The fourth-order valence-electron chi connectivity index (χ4n) is 1.63. The number of carbonyl (C=O) groups excluding carboxylic acids is 1. The van der Waals surface area contributed by atoms with Crippen LogP contribution in [-0.4, -0.2) is 26.8 Å². The van der Waals surface area contributed by atoms with Crippen LogP contribution in [-0.2, 0) is 9.53 Å². The smallest absolute Gasteiger partial charge is 0.348 e. The maximum atomic E-state index is 11.8. The first kappa shape index (κ1) is 16.6. The van der Waals surface area contributed by atoms with Crippen LogP contribution in [0.15, 0.2) is 23.8 Å². The highest BCUT2D eigenvalue weighted by Crippen LogP contribution is 2.28. The Morgan fingerprint density at radius 3 is 2.57 bits per heavy atom. The first-order valence-corrected chi connectivity index (χ1v) is 6.67. The van der Waals surface area contributed by atoms with Gasteiger partial charge in [0.1, 0.15) is 11.6 Å². The zero-order valence-corrected chi connectivity index (χ0v) is 12.5. The van der Waals surface area contributed by atoms with Crippen LogP contribution in [0, 0.1) is 11.3 Å². The Bertz CT molecular complexity index is 558. The van der Waals surface area contributed by atoms with Crippen molar-refractivity contribution in [2.45, 2.75) is 19.8 Å². The summed E-state index contributed by atoms with van der Waals surface area (Å²) in [5.74, 6) is 0.502. The van der Waals surface area contributed by atoms with Gasteiger partial charge >= 0.3 is 5.97 Å². The summed E-state index contributed by atoms with van der Waals surface area (Å²) in [6, 6.07) is 6.99. The summed E-state index contributed by atoms with van der Waals surface area (Å²) in [7, 11) is 3.06. The summed E-state index contributed by atoms with van der Waals surface area (Å²) in [4.78, 5) is 11.8. The molecule has 5 heteroatoms. The SMILES string of the molecule is CCCCOC(=O)C(C#N)=Cc1ccc(OC)c(OC)c1. The van der Waals surface area contributed by atoms with E-state index in [1.807, 2.05) is 13.0 Å². The van der Waals surface area contributed by atoms with Crippen molar-refractivity contribution in [1.82, 2.24) is 0 Å². The highest BCUT2D eigenvalue weighted by molar-refractivity contribution is 5.97. The molecule has 0 aliphatic carbocycles. The Kier molecular flexibility index (Phi) is 6.82. The normalized spacial score (nSPS) is 10.7. The third-order valence-corrected chi connectivity index (χ3v) is 2.79. The van der Waals surface area contributed by atoms with Crippen molar-refractivity contribution in [2.75, 3.05) is 20.8 Å². The number of rotatable bonds is 7. The number of benzene rings is 1. The van der Waals surface area contributed by atoms with Crippen LogP contribution in [0.4, 0.5) is 0 Å². The number of methoxy groups -OCH3 is 2. The van der Waals surface area contributed by atoms with E-state index < -0.39 is 5.97 Å². The Morgan fingerprint density at radius 2 is 2.00 bits per heavy atom. The Hall–Kier alpha value is -2.48. The van der Waals surface area contributed by atoms with Gasteiger partial charge in [0, 0.05) is 0 Å². The lowest BCUT2D eigenvalue weighted by Gasteiger charge is -2.08. The number of unbranched alkanes of at least 4 members (excludes halogenated alkanes) is 1. The molecule has 5 nitrogen and oxygen atoms in total. The predicted octanol–water partition coefficient (Wildman–Crippen LogP) is 2.95. The molecule has 1 aromatic rings. The minimum Gasteiger partial charge on any atom is -0.493 e. The number of carbonyl (C=O) groups is 1. The van der Waals surface area contributed by atoms with Crippen molar-refractivity contribution >= 4 is 12.0 Å². The minimum absolute atomic E-state index is 0.0432. The van der Waals surface area contributed by atoms with Crippen molar-refractivity contribution in [1.29, 1.82) is 5.26 Å². The van der Waals surface area contributed by atoms with Crippen molar-refractivity contribution in [3.05, 3.63) is 29.3 Å². The van der Waals surface area contributed by atoms with Gasteiger partial charge in [0.25, 0.3) is 0 Å². The number of esters is 1. The summed E-state index contributed by atoms with van der Waals surface area (Å²) < 4.78 is 15.3. The molecule has 0 bridgehead atoms. The molecular weight excluding hydrogens is 270 g/mol. The second-order valence-electron chi connectivity index (χ2n) is 4.27. The highest BCUT2D eigenvalue weighted by atomic mass is 16.5. The predicted molar refractivity (Wildman–Crippen MR) is 79.0 cm³/mol. The van der Waals surface area contributed by atoms with Crippen LogP contribution >= 0.6 is 0 Å². The Balaban J connectivity index is 2.93. The Labute approximate surface area is 124 Å². The van der Waals surface area contributed by atoms with Gasteiger partial charge in [0.15, 0.2) is 11.5 Å². The van der Waals surface area contributed by atoms with Gasteiger partial charge in [-0.05, 0) is 30.2 Å². The van der Waals surface area contributed by atoms with Crippen LogP contribution in [0.2, 0.25) is 0 Å². The van der Waals surface area contributed by atoms with Gasteiger partial charge in [0.05, 0.1) is 20.8 Å². The van der Waals surface area contributed by atoms with Crippen molar-refractivity contribution in [2.24, 2.45) is 0 Å². The molecule has 0 unspecified atom stereocenters. The van der Waals surface area contributed by atoms with E-state index in [1.54, 1.807) is 25.3 Å². The summed E-state index contributed by atoms with van der Waals surface area (Å²) in [5, 5.41) is 9.07. The number of hydrogen-bond acceptors (Lipinski definition) is 5. The second-order valence-corrected chi connectivity index (χ2v) is 4.27. The molecule has 0 aliphatic rings. The molecule has 0 fully saturated rings. The van der Waals surface area contributed by atoms with Crippen molar-refractivity contribution < 1.29 is 19.0 Å². The first-order valence-electron chi connectivity index (χ1n) is 6.67. The number of nitriles is 1. The molecule has 112 valence electrons. The number of ether oxygens (including phenoxy) is 3. The maximum absolute atomic E-state index is 11.8. The molecule has 1 aromatic carbocycles. The summed E-state index contributed by atoms with van der Waals surface area (Å²) in [5.41, 5.74) is 0.620. The van der Waals surface area contributed by atoms with Gasteiger partial charge in [0.2, 0.25) is 0 Å². The summed E-state index contributed by atoms with van der Waals surface area (Å²) >= 11 is 0. The maximum Gasteiger partial charge on any atom is 0.348 e. The molecular formula is C16H19NO4. The molecule has 0 aliphatic heterocycles. The van der Waals surface area contributed by atoms with Gasteiger partial charge in [-0.1, -0.05) is 19.4 Å². The van der Waals surface area contributed by atoms with Gasteiger partial charge in [-0.2, -0.15) is 5.26 Å². The molecule has 0 heterocycles. The average Bonchev–Trinajstić information content (AvgIpc) is 2.52. The third-order valence-electron chi connectivity index (χ3n) is 2.79. The van der Waals surface area contributed by atoms with Crippen molar-refractivity contribution in [3.63, 3.8) is 0 Å². The monoisotopic (exact) mass is 289 g/mol. The lowest BCUT2D eigenvalue weighted by molar-refractivity contribution is -0.138. The van der Waals surface area contributed by atoms with Crippen LogP contribution in [0.5, 0.6) is 11.5 Å². The highest BCUT2D eigenvalue weighted by Gasteiger charge is 2.11. The van der Waals surface area contributed by atoms with E-state index in [2.05, 4.69) is 0 Å². The van der Waals surface area contributed by atoms with E-state index in [-0.39, 0.29) is 5.57 Å². The largest absolute Gasteiger partial charge is 0.493 e. The zero-order chi connectivity index (χ0) is 15.7. The fourth-order valence-corrected chi connectivity index (χ4v) is 1.63. The summed E-state index contributed by atoms with van der Waals surface area (Å²) in [6.07, 6.45) is 3.17.